The van der Waals surface area contributed by atoms with Gasteiger partial charge < -0.3 is 4.74 Å². The standard InChI is InChI=1S/C34H36Cl2FN3O4S2/c1-22-15-25(9-12-30(22)37)40-32(34(2,3)24-8-11-28(35)31(16-24)44-4)18-38-33(40)45-20-23-7-10-27(17-29(23)36)46(42,43)21-26(41)19-39-13-5-6-14-39/h7-12,15-18H,5-6,13-14,19-21H2,1-4H3. The second kappa shape index (κ2) is 14.1. The minimum atomic E-state index is -3.84. The van der Waals surface area contributed by atoms with Gasteiger partial charge in [-0.1, -0.05) is 60.9 Å². The molecule has 1 aliphatic heterocycles. The molecule has 5 rings (SSSR count). The molecule has 4 aromatic rings. The summed E-state index contributed by atoms with van der Waals surface area (Å²) in [6, 6.07) is 15.2. The Morgan fingerprint density at radius 2 is 1.78 bits per heavy atom. The van der Waals surface area contributed by atoms with Gasteiger partial charge >= 0.3 is 0 Å². The van der Waals surface area contributed by atoms with E-state index >= 15 is 0 Å². The summed E-state index contributed by atoms with van der Waals surface area (Å²) in [7, 11) is -2.27. The SMILES string of the molecule is COc1cc(C(C)(C)c2cnc(SCc3ccc(S(=O)(=O)CC(=O)CN4CCCC4)cc3Cl)n2-c2ccc(F)c(C)c2)ccc1Cl. The zero-order valence-corrected chi connectivity index (χ0v) is 29.3. The first-order valence-electron chi connectivity index (χ1n) is 14.9. The van der Waals surface area contributed by atoms with Crippen LogP contribution in [-0.4, -0.2) is 61.1 Å². The number of rotatable bonds is 12. The molecule has 0 bridgehead atoms. The zero-order chi connectivity index (χ0) is 33.2. The van der Waals surface area contributed by atoms with Gasteiger partial charge in [0.05, 0.1) is 35.5 Å². The lowest BCUT2D eigenvalue weighted by atomic mass is 9.81. The van der Waals surface area contributed by atoms with E-state index in [0.29, 0.717) is 32.8 Å². The molecule has 0 amide bonds. The van der Waals surface area contributed by atoms with E-state index in [1.807, 2.05) is 21.6 Å². The Bertz CT molecular complexity index is 1870. The van der Waals surface area contributed by atoms with Crippen molar-refractivity contribution in [3.05, 3.63) is 99.0 Å². The van der Waals surface area contributed by atoms with Gasteiger partial charge in [0.25, 0.3) is 0 Å². The predicted octanol–water partition coefficient (Wildman–Crippen LogP) is 7.69. The fourth-order valence-electron chi connectivity index (χ4n) is 5.60. The van der Waals surface area contributed by atoms with Crippen molar-refractivity contribution in [3.63, 3.8) is 0 Å². The molecule has 1 saturated heterocycles. The fourth-order valence-corrected chi connectivity index (χ4v) is 8.44. The number of hydrogen-bond acceptors (Lipinski definition) is 7. The number of aryl methyl sites for hydroxylation is 1. The summed E-state index contributed by atoms with van der Waals surface area (Å²) >= 11 is 14.3. The van der Waals surface area contributed by atoms with Gasteiger partial charge in [0.15, 0.2) is 20.8 Å². The maximum absolute atomic E-state index is 14.3. The molecule has 12 heteroatoms. The highest BCUT2D eigenvalue weighted by atomic mass is 35.5. The number of halogens is 3. The largest absolute Gasteiger partial charge is 0.495 e. The van der Waals surface area contributed by atoms with Crippen molar-refractivity contribution >= 4 is 50.6 Å². The number of ketones is 1. The van der Waals surface area contributed by atoms with Crippen LogP contribution in [0.3, 0.4) is 0 Å². The Morgan fingerprint density at radius 3 is 2.46 bits per heavy atom. The average molecular weight is 705 g/mol. The van der Waals surface area contributed by atoms with Gasteiger partial charge in [-0.15, -0.1) is 0 Å². The summed E-state index contributed by atoms with van der Waals surface area (Å²) in [5.74, 6) is -0.238. The van der Waals surface area contributed by atoms with Crippen LogP contribution in [0.1, 0.15) is 49.1 Å². The number of nitrogens with zero attached hydrogens (tertiary/aromatic N) is 3. The van der Waals surface area contributed by atoms with Gasteiger partial charge in [-0.05, 0) is 92.0 Å². The van der Waals surface area contributed by atoms with E-state index in [2.05, 4.69) is 13.8 Å². The predicted molar refractivity (Wildman–Crippen MR) is 182 cm³/mol. The van der Waals surface area contributed by atoms with Gasteiger partial charge in [-0.2, -0.15) is 0 Å². The fraction of sp³-hybridized carbons (Fsp3) is 0.353. The normalized spacial score (nSPS) is 14.2. The number of carbonyl (C=O) groups excluding carboxylic acids is 1. The Morgan fingerprint density at radius 1 is 1.04 bits per heavy atom. The minimum Gasteiger partial charge on any atom is -0.495 e. The summed E-state index contributed by atoms with van der Waals surface area (Å²) < 4.78 is 47.8. The van der Waals surface area contributed by atoms with Crippen LogP contribution >= 0.6 is 35.0 Å². The Balaban J connectivity index is 1.42. The smallest absolute Gasteiger partial charge is 0.185 e. The molecule has 0 aliphatic carbocycles. The number of ether oxygens (including phenoxy) is 1. The molecule has 0 radical (unpaired) electrons. The molecule has 46 heavy (non-hydrogen) atoms. The van der Waals surface area contributed by atoms with Crippen molar-refractivity contribution in [1.29, 1.82) is 0 Å². The van der Waals surface area contributed by atoms with Gasteiger partial charge in [0.1, 0.15) is 17.3 Å². The molecule has 3 aromatic carbocycles. The molecule has 1 aliphatic rings. The van der Waals surface area contributed by atoms with Crippen LogP contribution in [0.15, 0.2) is 70.8 Å². The number of sulfone groups is 1. The Hall–Kier alpha value is -2.89. The Kier molecular flexibility index (Phi) is 10.5. The van der Waals surface area contributed by atoms with E-state index in [1.54, 1.807) is 44.5 Å². The number of likely N-dealkylation sites (tertiary alicyclic amines) is 1. The summed E-state index contributed by atoms with van der Waals surface area (Å²) in [5, 5.41) is 1.44. The zero-order valence-electron chi connectivity index (χ0n) is 26.1. The highest BCUT2D eigenvalue weighted by Crippen LogP contribution is 2.40. The monoisotopic (exact) mass is 703 g/mol. The number of hydrogen-bond donors (Lipinski definition) is 0. The molecular formula is C34H36Cl2FN3O4S2. The van der Waals surface area contributed by atoms with Crippen molar-refractivity contribution in [2.45, 2.75) is 54.8 Å². The van der Waals surface area contributed by atoms with Gasteiger partial charge in [-0.3, -0.25) is 14.3 Å². The first kappa shape index (κ1) is 34.4. The van der Waals surface area contributed by atoms with E-state index in [0.717, 1.165) is 42.9 Å². The van der Waals surface area contributed by atoms with Gasteiger partial charge in [0, 0.05) is 21.9 Å². The first-order valence-corrected chi connectivity index (χ1v) is 18.3. The van der Waals surface area contributed by atoms with E-state index in [9.17, 15) is 17.6 Å². The van der Waals surface area contributed by atoms with E-state index in [4.69, 9.17) is 32.9 Å². The highest BCUT2D eigenvalue weighted by molar-refractivity contribution is 7.98. The molecular weight excluding hydrogens is 668 g/mol. The summed E-state index contributed by atoms with van der Waals surface area (Å²) in [6.07, 6.45) is 3.85. The molecule has 1 aromatic heterocycles. The second-order valence-corrected chi connectivity index (χ2v) is 15.7. The lowest BCUT2D eigenvalue weighted by Gasteiger charge is -2.28. The molecule has 0 spiro atoms. The van der Waals surface area contributed by atoms with Crippen LogP contribution in [0.5, 0.6) is 5.75 Å². The van der Waals surface area contributed by atoms with Gasteiger partial charge in [0.2, 0.25) is 0 Å². The summed E-state index contributed by atoms with van der Waals surface area (Å²) in [4.78, 5) is 19.3. The summed E-state index contributed by atoms with van der Waals surface area (Å²) in [5.41, 5.74) is 3.20. The van der Waals surface area contributed by atoms with Crippen molar-refractivity contribution < 1.29 is 22.3 Å². The van der Waals surface area contributed by atoms with Crippen molar-refractivity contribution in [2.75, 3.05) is 32.5 Å². The second-order valence-electron chi connectivity index (χ2n) is 12.0. The van der Waals surface area contributed by atoms with Crippen LogP contribution in [0.25, 0.3) is 5.69 Å². The lowest BCUT2D eigenvalue weighted by Crippen LogP contribution is -2.30. The number of Topliss-reactive ketones (excluding diaryl/α,β-unsaturated/α-hetero) is 1. The molecule has 0 saturated carbocycles. The average Bonchev–Trinajstić information content (AvgIpc) is 3.68. The molecule has 2 heterocycles. The molecule has 0 atom stereocenters. The van der Waals surface area contributed by atoms with Crippen LogP contribution in [-0.2, 0) is 25.8 Å². The summed E-state index contributed by atoms with van der Waals surface area (Å²) in [6.45, 7) is 7.63. The van der Waals surface area contributed by atoms with Crippen LogP contribution in [0.4, 0.5) is 4.39 Å². The number of methoxy groups -OCH3 is 1. The third kappa shape index (κ3) is 7.47. The van der Waals surface area contributed by atoms with Crippen LogP contribution < -0.4 is 4.74 Å². The van der Waals surface area contributed by atoms with E-state index in [-0.39, 0.29) is 28.1 Å². The van der Waals surface area contributed by atoms with Gasteiger partial charge in [-0.25, -0.2) is 17.8 Å². The first-order chi connectivity index (χ1) is 21.8. The van der Waals surface area contributed by atoms with Crippen LogP contribution in [0.2, 0.25) is 10.0 Å². The minimum absolute atomic E-state index is 0.0201. The maximum atomic E-state index is 14.3. The Labute approximate surface area is 284 Å². The third-order valence-corrected chi connectivity index (χ3v) is 11.7. The third-order valence-electron chi connectivity index (χ3n) is 8.33. The molecule has 1 fully saturated rings. The molecule has 0 N–H and O–H groups in total. The van der Waals surface area contributed by atoms with E-state index in [1.165, 1.54) is 30.0 Å². The topological polar surface area (TPSA) is 81.5 Å². The number of aromatic nitrogens is 2. The number of benzene rings is 3. The molecule has 244 valence electrons. The molecule has 0 unspecified atom stereocenters. The van der Waals surface area contributed by atoms with Crippen LogP contribution in [0, 0.1) is 12.7 Å². The number of thioether (sulfide) groups is 1. The maximum Gasteiger partial charge on any atom is 0.185 e. The van der Waals surface area contributed by atoms with Crippen molar-refractivity contribution in [1.82, 2.24) is 14.5 Å². The highest BCUT2D eigenvalue weighted by Gasteiger charge is 2.31. The number of carbonyl (C=O) groups is 1. The van der Waals surface area contributed by atoms with E-state index < -0.39 is 21.0 Å². The molecule has 7 nitrogen and oxygen atoms in total. The van der Waals surface area contributed by atoms with Crippen molar-refractivity contribution in [2.24, 2.45) is 0 Å². The quantitative estimate of drug-likeness (QED) is 0.140. The lowest BCUT2D eigenvalue weighted by molar-refractivity contribution is -0.117. The van der Waals surface area contributed by atoms with Crippen molar-refractivity contribution in [3.8, 4) is 11.4 Å². The number of imidazole rings is 1.